The molecule has 4 amide bonds. The number of rotatable bonds is 5. The lowest BCUT2D eigenvalue weighted by molar-refractivity contribution is -0.141. The summed E-state index contributed by atoms with van der Waals surface area (Å²) in [5, 5.41) is 5.77. The summed E-state index contributed by atoms with van der Waals surface area (Å²) in [5.74, 6) is -1.20. The van der Waals surface area contributed by atoms with E-state index in [1.54, 1.807) is 7.11 Å². The SMILES string of the molecule is COc1cc2nc(-c3ccccc3)cc3c2cc1C=CCCCOC(=O)N[C@H]1CCCCCC=C[C@@H]2C[C@@]2(C(=O)NS(=O)(=O)C2CC2)NC(=O)[C@@H]2C[C@H](CN2C1=O)O3. The third-order valence-electron chi connectivity index (χ3n) is 11.7. The first-order chi connectivity index (χ1) is 28.0. The normalized spacial score (nSPS) is 26.8. The van der Waals surface area contributed by atoms with Crippen molar-refractivity contribution in [3.8, 4) is 22.8 Å². The minimum absolute atomic E-state index is 0.00383. The van der Waals surface area contributed by atoms with E-state index in [1.807, 2.05) is 72.8 Å². The number of alkyl carbamates (subject to hydrolysis) is 1. The summed E-state index contributed by atoms with van der Waals surface area (Å²) in [6.45, 7) is 0.122. The summed E-state index contributed by atoms with van der Waals surface area (Å²) in [5.41, 5.74) is 1.42. The summed E-state index contributed by atoms with van der Waals surface area (Å²) >= 11 is 0. The molecule has 1 aromatic heterocycles. The number of carbonyl (C=O) groups excluding carboxylic acids is 4. The number of cyclic esters (lactones) is 1. The largest absolute Gasteiger partial charge is 0.496 e. The molecule has 14 nitrogen and oxygen atoms in total. The van der Waals surface area contributed by atoms with Gasteiger partial charge in [-0.25, -0.2) is 18.2 Å². The Labute approximate surface area is 337 Å². The molecule has 2 aliphatic carbocycles. The van der Waals surface area contributed by atoms with Crippen molar-refractivity contribution in [1.29, 1.82) is 0 Å². The van der Waals surface area contributed by atoms with Gasteiger partial charge in [-0.3, -0.25) is 19.1 Å². The van der Waals surface area contributed by atoms with Crippen molar-refractivity contribution in [3.63, 3.8) is 0 Å². The van der Waals surface area contributed by atoms with Gasteiger partial charge in [-0.2, -0.15) is 0 Å². The van der Waals surface area contributed by atoms with Crippen molar-refractivity contribution in [2.75, 3.05) is 20.3 Å². The van der Waals surface area contributed by atoms with Crippen molar-refractivity contribution in [1.82, 2.24) is 25.2 Å². The van der Waals surface area contributed by atoms with Gasteiger partial charge in [0.05, 0.1) is 36.7 Å². The van der Waals surface area contributed by atoms with E-state index >= 15 is 0 Å². The molecule has 0 spiro atoms. The first-order valence-corrected chi connectivity index (χ1v) is 21.8. The van der Waals surface area contributed by atoms with Crippen LogP contribution in [-0.2, 0) is 29.1 Å². The lowest BCUT2D eigenvalue weighted by Gasteiger charge is -2.29. The molecule has 4 heterocycles. The standard InChI is InChI=1S/C43H49N5O9S/c1-55-37-24-35-32-21-28(37)15-9-6-12-20-56-42(52)45-33-17-11-4-2-3-10-16-29-25-43(29,41(51)47-58(53,54)31-18-19-31)46-39(49)36-22-30(26-48(36)40(33)50)57-38(32)23-34(44-35)27-13-7-5-8-14-27/h5,7-10,13-16,21,23-24,29-31,33,36H,2-4,6,11-12,17-20,22,25-26H2,1H3,(H,45,52)(H,46,49)(H,47,51)/t29-,30-,33+,36+,43-/m1/s1. The van der Waals surface area contributed by atoms with E-state index in [9.17, 15) is 27.6 Å². The van der Waals surface area contributed by atoms with Gasteiger partial charge in [0.2, 0.25) is 21.8 Å². The molecule has 2 aromatic carbocycles. The molecule has 58 heavy (non-hydrogen) atoms. The zero-order valence-corrected chi connectivity index (χ0v) is 33.3. The fourth-order valence-electron chi connectivity index (χ4n) is 8.19. The second kappa shape index (κ2) is 16.4. The highest BCUT2D eigenvalue weighted by atomic mass is 32.2. The summed E-state index contributed by atoms with van der Waals surface area (Å²) in [7, 11) is -2.31. The van der Waals surface area contributed by atoms with E-state index in [0.29, 0.717) is 73.0 Å². The van der Waals surface area contributed by atoms with E-state index in [2.05, 4.69) is 15.4 Å². The topological polar surface area (TPSA) is 182 Å². The quantitative estimate of drug-likeness (QED) is 0.291. The molecule has 3 aliphatic heterocycles. The third-order valence-corrected chi connectivity index (χ3v) is 13.5. The molecule has 306 valence electrons. The van der Waals surface area contributed by atoms with E-state index in [1.165, 1.54) is 4.90 Å². The van der Waals surface area contributed by atoms with Crippen LogP contribution in [-0.4, -0.2) is 91.4 Å². The fraction of sp³-hybridized carbons (Fsp3) is 0.465. The highest BCUT2D eigenvalue weighted by Gasteiger charge is 2.62. The van der Waals surface area contributed by atoms with Crippen molar-refractivity contribution < 1.29 is 41.8 Å². The number of ether oxygens (including phenoxy) is 3. The monoisotopic (exact) mass is 811 g/mol. The molecule has 2 saturated carbocycles. The van der Waals surface area contributed by atoms with Crippen LogP contribution in [0.25, 0.3) is 28.2 Å². The molecule has 0 radical (unpaired) electrons. The highest BCUT2D eigenvalue weighted by Crippen LogP contribution is 2.46. The van der Waals surface area contributed by atoms with Gasteiger partial charge >= 0.3 is 6.09 Å². The summed E-state index contributed by atoms with van der Waals surface area (Å²) in [6.07, 6.45) is 11.9. The number of carbonyl (C=O) groups is 4. The molecule has 3 aromatic rings. The first kappa shape index (κ1) is 39.4. The van der Waals surface area contributed by atoms with E-state index in [0.717, 1.165) is 24.0 Å². The van der Waals surface area contributed by atoms with Gasteiger partial charge in [-0.1, -0.05) is 67.5 Å². The minimum Gasteiger partial charge on any atom is -0.496 e. The van der Waals surface area contributed by atoms with Gasteiger partial charge in [0.25, 0.3) is 5.91 Å². The van der Waals surface area contributed by atoms with Crippen LogP contribution in [0.4, 0.5) is 4.79 Å². The van der Waals surface area contributed by atoms with Gasteiger partial charge in [-0.15, -0.1) is 0 Å². The number of hydrogen-bond acceptors (Lipinski definition) is 10. The van der Waals surface area contributed by atoms with Crippen LogP contribution in [0.5, 0.6) is 11.5 Å². The maximum absolute atomic E-state index is 14.6. The van der Waals surface area contributed by atoms with Crippen molar-refractivity contribution in [3.05, 3.63) is 72.3 Å². The summed E-state index contributed by atoms with van der Waals surface area (Å²) in [6, 6.07) is 13.2. The predicted molar refractivity (Wildman–Crippen MR) is 216 cm³/mol. The Morgan fingerprint density at radius 3 is 2.60 bits per heavy atom. The number of benzene rings is 2. The van der Waals surface area contributed by atoms with E-state index < -0.39 is 68.7 Å². The number of nitrogens with one attached hydrogen (secondary N) is 3. The highest BCUT2D eigenvalue weighted by molar-refractivity contribution is 7.91. The van der Waals surface area contributed by atoms with Crippen molar-refractivity contribution in [2.45, 2.75) is 99.6 Å². The summed E-state index contributed by atoms with van der Waals surface area (Å²) in [4.78, 5) is 62.6. The molecule has 5 aliphatic rings. The minimum atomic E-state index is -3.90. The Balaban J connectivity index is 1.19. The van der Waals surface area contributed by atoms with E-state index in [-0.39, 0.29) is 26.0 Å². The summed E-state index contributed by atoms with van der Waals surface area (Å²) < 4.78 is 46.2. The van der Waals surface area contributed by atoms with Crippen LogP contribution < -0.4 is 24.8 Å². The number of nitrogens with zero attached hydrogens (tertiary/aromatic N) is 2. The van der Waals surface area contributed by atoms with Gasteiger partial charge < -0.3 is 29.7 Å². The first-order valence-electron chi connectivity index (χ1n) is 20.2. The Morgan fingerprint density at radius 1 is 1.00 bits per heavy atom. The molecule has 15 heteroatoms. The van der Waals surface area contributed by atoms with Crippen LogP contribution >= 0.6 is 0 Å². The van der Waals surface area contributed by atoms with E-state index in [4.69, 9.17) is 19.2 Å². The average molecular weight is 812 g/mol. The molecule has 5 atom stereocenters. The molecular formula is C43H49N5O9S. The van der Waals surface area contributed by atoms with Crippen LogP contribution in [0.2, 0.25) is 0 Å². The number of methoxy groups -OCH3 is 1. The van der Waals surface area contributed by atoms with Gasteiger partial charge in [0, 0.05) is 41.0 Å². The third kappa shape index (κ3) is 8.40. The molecule has 3 fully saturated rings. The van der Waals surface area contributed by atoms with Gasteiger partial charge in [-0.05, 0) is 57.4 Å². The maximum atomic E-state index is 14.6. The number of sulfonamides is 1. The molecule has 3 N–H and O–H groups in total. The molecule has 5 bridgehead atoms. The second-order valence-electron chi connectivity index (χ2n) is 15.9. The average Bonchev–Trinajstić information content (AvgIpc) is 4.14. The lowest BCUT2D eigenvalue weighted by Crippen LogP contribution is -2.58. The van der Waals surface area contributed by atoms with Crippen LogP contribution in [0.15, 0.2) is 66.8 Å². The Bertz CT molecular complexity index is 2260. The Hall–Kier alpha value is -5.44. The van der Waals surface area contributed by atoms with Gasteiger partial charge in [0.1, 0.15) is 35.2 Å². The van der Waals surface area contributed by atoms with Crippen LogP contribution in [0.3, 0.4) is 0 Å². The molecular weight excluding hydrogens is 763 g/mol. The smallest absolute Gasteiger partial charge is 0.407 e. The Kier molecular flexibility index (Phi) is 11.2. The predicted octanol–water partition coefficient (Wildman–Crippen LogP) is 5.16. The van der Waals surface area contributed by atoms with Crippen molar-refractivity contribution in [2.24, 2.45) is 5.92 Å². The van der Waals surface area contributed by atoms with Crippen molar-refractivity contribution >= 4 is 50.8 Å². The molecule has 1 saturated heterocycles. The van der Waals surface area contributed by atoms with Gasteiger partial charge in [0.15, 0.2) is 0 Å². The number of fused-ring (bicyclic) bond motifs is 4. The lowest BCUT2D eigenvalue weighted by atomic mass is 10.0. The fourth-order valence-corrected chi connectivity index (χ4v) is 9.55. The zero-order chi connectivity index (χ0) is 40.4. The number of hydrogen-bond donors (Lipinski definition) is 3. The zero-order valence-electron chi connectivity index (χ0n) is 32.5. The molecule has 0 unspecified atom stereocenters. The Morgan fingerprint density at radius 2 is 1.81 bits per heavy atom. The molecule has 8 rings (SSSR count). The number of aromatic nitrogens is 1. The number of allylic oxidation sites excluding steroid dienone is 2. The second-order valence-corrected chi connectivity index (χ2v) is 17.8. The van der Waals surface area contributed by atoms with Crippen LogP contribution in [0, 0.1) is 5.92 Å². The number of amides is 4. The number of pyridine rings is 1. The van der Waals surface area contributed by atoms with Crippen LogP contribution in [0.1, 0.15) is 76.2 Å². The maximum Gasteiger partial charge on any atom is 0.407 e.